The molecule has 1 aliphatic carbocycles. The highest BCUT2D eigenvalue weighted by molar-refractivity contribution is 5.93. The van der Waals surface area contributed by atoms with Gasteiger partial charge in [-0.05, 0) is 42.5 Å². The van der Waals surface area contributed by atoms with E-state index in [2.05, 4.69) is 4.90 Å². The number of benzene rings is 1. The van der Waals surface area contributed by atoms with Crippen LogP contribution in [0.5, 0.6) is 0 Å². The zero-order valence-electron chi connectivity index (χ0n) is 10.7. The molecule has 102 valence electrons. The Morgan fingerprint density at radius 1 is 1.42 bits per heavy atom. The molecule has 1 aliphatic heterocycles. The number of amides is 1. The van der Waals surface area contributed by atoms with Crippen molar-refractivity contribution in [3.63, 3.8) is 0 Å². The lowest BCUT2D eigenvalue weighted by Gasteiger charge is -2.40. The van der Waals surface area contributed by atoms with Crippen LogP contribution in [0, 0.1) is 5.82 Å². The van der Waals surface area contributed by atoms with Crippen LogP contribution in [0.25, 0.3) is 0 Å². The SMILES string of the molecule is O=C(NO)c1cc(F)c2c(c1)CN(C1CCC1)CC2. The number of carbonyl (C=O) groups is 1. The first kappa shape index (κ1) is 12.6. The van der Waals surface area contributed by atoms with Gasteiger partial charge in [-0.25, -0.2) is 9.87 Å². The molecule has 1 aromatic rings. The summed E-state index contributed by atoms with van der Waals surface area (Å²) in [4.78, 5) is 13.8. The molecule has 0 spiro atoms. The average Bonchev–Trinajstić information content (AvgIpc) is 2.35. The van der Waals surface area contributed by atoms with Gasteiger partial charge in [-0.1, -0.05) is 6.42 Å². The number of carbonyl (C=O) groups excluding carboxylic acids is 1. The van der Waals surface area contributed by atoms with E-state index < -0.39 is 5.91 Å². The normalized spacial score (nSPS) is 19.7. The minimum Gasteiger partial charge on any atom is -0.296 e. The van der Waals surface area contributed by atoms with Crippen molar-refractivity contribution in [1.29, 1.82) is 0 Å². The number of hydrogen-bond acceptors (Lipinski definition) is 3. The Kier molecular flexibility index (Phi) is 3.24. The average molecular weight is 264 g/mol. The standard InChI is InChI=1S/C14H17FN2O2/c15-13-7-9(14(18)16-19)6-10-8-17(5-4-12(10)13)11-2-1-3-11/h6-7,11,19H,1-5,8H2,(H,16,18). The maximum Gasteiger partial charge on any atom is 0.274 e. The second kappa shape index (κ2) is 4.90. The topological polar surface area (TPSA) is 52.6 Å². The predicted molar refractivity (Wildman–Crippen MR) is 67.4 cm³/mol. The van der Waals surface area contributed by atoms with Crippen LogP contribution in [0.4, 0.5) is 4.39 Å². The lowest BCUT2D eigenvalue weighted by atomic mass is 9.88. The van der Waals surface area contributed by atoms with Gasteiger partial charge in [-0.2, -0.15) is 0 Å². The summed E-state index contributed by atoms with van der Waals surface area (Å²) >= 11 is 0. The van der Waals surface area contributed by atoms with E-state index in [1.165, 1.54) is 25.3 Å². The number of nitrogens with zero attached hydrogens (tertiary/aromatic N) is 1. The summed E-state index contributed by atoms with van der Waals surface area (Å²) in [5.41, 5.74) is 3.31. The number of halogens is 1. The van der Waals surface area contributed by atoms with Crippen molar-refractivity contribution in [2.75, 3.05) is 6.54 Å². The Morgan fingerprint density at radius 3 is 2.84 bits per heavy atom. The highest BCUT2D eigenvalue weighted by atomic mass is 19.1. The number of fused-ring (bicyclic) bond motifs is 1. The van der Waals surface area contributed by atoms with Crippen LogP contribution in [-0.2, 0) is 13.0 Å². The van der Waals surface area contributed by atoms with Crippen molar-refractivity contribution < 1.29 is 14.4 Å². The molecule has 1 heterocycles. The van der Waals surface area contributed by atoms with Crippen LogP contribution >= 0.6 is 0 Å². The van der Waals surface area contributed by atoms with Crippen molar-refractivity contribution in [1.82, 2.24) is 10.4 Å². The van der Waals surface area contributed by atoms with E-state index in [1.807, 2.05) is 0 Å². The third-order valence-corrected chi connectivity index (χ3v) is 4.27. The van der Waals surface area contributed by atoms with E-state index >= 15 is 0 Å². The van der Waals surface area contributed by atoms with Crippen molar-refractivity contribution in [3.8, 4) is 0 Å². The van der Waals surface area contributed by atoms with E-state index in [1.54, 1.807) is 11.5 Å². The quantitative estimate of drug-likeness (QED) is 0.633. The van der Waals surface area contributed by atoms with E-state index in [9.17, 15) is 9.18 Å². The zero-order valence-corrected chi connectivity index (χ0v) is 10.7. The van der Waals surface area contributed by atoms with Gasteiger partial charge in [0.2, 0.25) is 0 Å². The highest BCUT2D eigenvalue weighted by Gasteiger charge is 2.29. The Balaban J connectivity index is 1.88. The monoisotopic (exact) mass is 264 g/mol. The number of rotatable bonds is 2. The van der Waals surface area contributed by atoms with E-state index in [4.69, 9.17) is 5.21 Å². The van der Waals surface area contributed by atoms with E-state index in [0.717, 1.165) is 12.1 Å². The lowest BCUT2D eigenvalue weighted by molar-refractivity contribution is 0.0705. The summed E-state index contributed by atoms with van der Waals surface area (Å²) in [7, 11) is 0. The molecule has 3 rings (SSSR count). The third kappa shape index (κ3) is 2.24. The summed E-state index contributed by atoms with van der Waals surface area (Å²) in [5.74, 6) is -1.01. The highest BCUT2D eigenvalue weighted by Crippen LogP contribution is 2.31. The molecule has 0 aromatic heterocycles. The molecule has 0 unspecified atom stereocenters. The van der Waals surface area contributed by atoms with Gasteiger partial charge in [0.15, 0.2) is 0 Å². The van der Waals surface area contributed by atoms with Gasteiger partial charge >= 0.3 is 0 Å². The van der Waals surface area contributed by atoms with Crippen LogP contribution in [0.1, 0.15) is 40.7 Å². The van der Waals surface area contributed by atoms with Crippen LogP contribution in [-0.4, -0.2) is 28.6 Å². The summed E-state index contributed by atoms with van der Waals surface area (Å²) < 4.78 is 14.0. The van der Waals surface area contributed by atoms with Crippen LogP contribution < -0.4 is 5.48 Å². The first-order chi connectivity index (χ1) is 9.19. The molecule has 1 amide bonds. The van der Waals surface area contributed by atoms with Crippen molar-refractivity contribution in [2.24, 2.45) is 0 Å². The fourth-order valence-electron chi connectivity index (χ4n) is 2.93. The van der Waals surface area contributed by atoms with Gasteiger partial charge in [0.05, 0.1) is 0 Å². The third-order valence-electron chi connectivity index (χ3n) is 4.27. The second-order valence-corrected chi connectivity index (χ2v) is 5.34. The summed E-state index contributed by atoms with van der Waals surface area (Å²) in [6, 6.07) is 3.50. The van der Waals surface area contributed by atoms with Gasteiger partial charge in [0, 0.05) is 24.7 Å². The molecule has 5 heteroatoms. The molecule has 0 atom stereocenters. The first-order valence-corrected chi connectivity index (χ1v) is 6.69. The van der Waals surface area contributed by atoms with Gasteiger partial charge in [0.25, 0.3) is 5.91 Å². The van der Waals surface area contributed by atoms with E-state index in [0.29, 0.717) is 24.6 Å². The molecule has 0 saturated heterocycles. The molecule has 4 nitrogen and oxygen atoms in total. The Bertz CT molecular complexity index is 514. The van der Waals surface area contributed by atoms with Crippen LogP contribution in [0.3, 0.4) is 0 Å². The Hall–Kier alpha value is -1.46. The van der Waals surface area contributed by atoms with Crippen LogP contribution in [0.15, 0.2) is 12.1 Å². The number of hydroxylamine groups is 1. The molecule has 1 saturated carbocycles. The minimum atomic E-state index is -0.664. The van der Waals surface area contributed by atoms with Gasteiger partial charge in [-0.15, -0.1) is 0 Å². The summed E-state index contributed by atoms with van der Waals surface area (Å²) in [6.07, 6.45) is 4.40. The first-order valence-electron chi connectivity index (χ1n) is 6.69. The number of hydrogen-bond donors (Lipinski definition) is 2. The summed E-state index contributed by atoms with van der Waals surface area (Å²) in [5, 5.41) is 8.64. The van der Waals surface area contributed by atoms with Gasteiger partial charge < -0.3 is 0 Å². The van der Waals surface area contributed by atoms with Crippen molar-refractivity contribution in [2.45, 2.75) is 38.3 Å². The van der Waals surface area contributed by atoms with Crippen molar-refractivity contribution >= 4 is 5.91 Å². The second-order valence-electron chi connectivity index (χ2n) is 5.34. The molecule has 1 aromatic carbocycles. The molecular weight excluding hydrogens is 247 g/mol. The fraction of sp³-hybridized carbons (Fsp3) is 0.500. The fourth-order valence-corrected chi connectivity index (χ4v) is 2.93. The molecular formula is C14H17FN2O2. The molecule has 0 bridgehead atoms. The Morgan fingerprint density at radius 2 is 2.21 bits per heavy atom. The smallest absolute Gasteiger partial charge is 0.274 e. The molecule has 2 aliphatic rings. The van der Waals surface area contributed by atoms with Crippen LogP contribution in [0.2, 0.25) is 0 Å². The van der Waals surface area contributed by atoms with Gasteiger partial charge in [-0.3, -0.25) is 14.9 Å². The predicted octanol–water partition coefficient (Wildman–Crippen LogP) is 1.86. The minimum absolute atomic E-state index is 0.175. The molecule has 1 fully saturated rings. The molecule has 19 heavy (non-hydrogen) atoms. The number of nitrogens with one attached hydrogen (secondary N) is 1. The summed E-state index contributed by atoms with van der Waals surface area (Å²) in [6.45, 7) is 1.59. The largest absolute Gasteiger partial charge is 0.296 e. The molecule has 2 N–H and O–H groups in total. The maximum atomic E-state index is 14.0. The maximum absolute atomic E-state index is 14.0. The lowest BCUT2D eigenvalue weighted by Crippen LogP contribution is -2.43. The van der Waals surface area contributed by atoms with Gasteiger partial charge in [0.1, 0.15) is 5.82 Å². The molecule has 0 radical (unpaired) electrons. The zero-order chi connectivity index (χ0) is 13.4. The van der Waals surface area contributed by atoms with Crippen molar-refractivity contribution in [3.05, 3.63) is 34.6 Å². The Labute approximate surface area is 111 Å². The van der Waals surface area contributed by atoms with E-state index in [-0.39, 0.29) is 11.4 Å².